The Hall–Kier alpha value is -10.4. The van der Waals surface area contributed by atoms with Gasteiger partial charge >= 0.3 is 0 Å². The van der Waals surface area contributed by atoms with E-state index in [-0.39, 0.29) is 0 Å². The Morgan fingerprint density at radius 1 is 0.194 bits per heavy atom. The summed E-state index contributed by atoms with van der Waals surface area (Å²) in [6.45, 7) is 42.7. The Balaban J connectivity index is 0.000000193. The average Bonchev–Trinajstić information content (AvgIpc) is 1.54. The Morgan fingerprint density at radius 3 is 0.690 bits per heavy atom. The Morgan fingerprint density at radius 2 is 0.411 bits per heavy atom. The van der Waals surface area contributed by atoms with Gasteiger partial charge in [0, 0.05) is 16.7 Å². The highest BCUT2D eigenvalue weighted by atomic mass is 15.0. The minimum Gasteiger partial charge on any atom is -0.208 e. The van der Waals surface area contributed by atoms with Gasteiger partial charge in [-0.15, -0.1) is 0 Å². The van der Waals surface area contributed by atoms with E-state index in [0.29, 0.717) is 17.5 Å². The lowest BCUT2D eigenvalue weighted by atomic mass is 9.66. The number of aromatic nitrogens is 3. The quantitative estimate of drug-likeness (QED) is 0.0359. The minimum atomic E-state index is -0.475. The Labute approximate surface area is 781 Å². The van der Waals surface area contributed by atoms with Gasteiger partial charge in [0.2, 0.25) is 0 Å². The van der Waals surface area contributed by atoms with Crippen molar-refractivity contribution in [1.29, 1.82) is 0 Å². The van der Waals surface area contributed by atoms with Crippen molar-refractivity contribution in [2.24, 2.45) is 0 Å². The molecule has 0 aliphatic heterocycles. The standard InChI is InChI=1S/C55H62.C51H59N3.C20H34/c1-9-11-13-15-17-43-19-25-47(26-20-43)55(48-27-21-44(22-28-48)18-16-14-12-10-2)51-35-45(53-39(5)31-37(3)32-40(53)6)23-29-49(51)50-30-24-46(36-52(50)55)54-41(7)33-38(4)34-42(54)8;1-8-9-10-11-12-13-14-15-16-17-18-41-19-21-44(22-20-41)49-52-50(45-27-23-42(24-28-45)47-37(4)31-35(2)32-38(47)5)54-51(53-49)46-29-25-43(26-30-46)48-39(6)33-36(3)34-40(48)7;1-5-7-9-11-13-19-15-18(4)20(16-17(19)3)14-12-10-8-6-2/h19-36H,9-18H2,1-8H3;19-34H,8-18H2,1-7H3;15-16H,5-14H2,1-4H3. The lowest BCUT2D eigenvalue weighted by molar-refractivity contribution is 0.556. The van der Waals surface area contributed by atoms with E-state index in [1.54, 1.807) is 11.1 Å². The first kappa shape index (κ1) is 97.7. The van der Waals surface area contributed by atoms with Crippen LogP contribution in [0.5, 0.6) is 0 Å². The van der Waals surface area contributed by atoms with Gasteiger partial charge in [-0.25, -0.2) is 15.0 Å². The van der Waals surface area contributed by atoms with Gasteiger partial charge < -0.3 is 0 Å². The molecule has 1 aromatic heterocycles. The molecule has 3 nitrogen and oxygen atoms in total. The SMILES string of the molecule is CCCCCCCCCCCCc1ccc(-c2nc(-c3ccc(-c4c(C)cc(C)cc4C)cc3)nc(-c3ccc(-c4c(C)cc(C)cc4C)cc3)n2)cc1.CCCCCCc1cc(C)c(CCCCCC)cc1C.CCCCCCc1ccc(C2(c3ccc(CCCCCC)cc3)c3cc(-c4c(C)cc(C)cc4C)ccc3-c3ccc(-c4c(C)cc(C)cc4C)cc32)cc1. The van der Waals surface area contributed by atoms with Gasteiger partial charge in [0.15, 0.2) is 17.5 Å². The molecule has 0 amide bonds. The van der Waals surface area contributed by atoms with Crippen LogP contribution in [0.2, 0.25) is 0 Å². The maximum Gasteiger partial charge on any atom is 0.164 e. The van der Waals surface area contributed by atoms with Gasteiger partial charge in [0.25, 0.3) is 0 Å². The number of hydrogen-bond acceptors (Lipinski definition) is 3. The number of rotatable bonds is 40. The van der Waals surface area contributed by atoms with Gasteiger partial charge in [0.05, 0.1) is 5.41 Å². The van der Waals surface area contributed by atoms with Crippen molar-refractivity contribution in [3.05, 3.63) is 346 Å². The molecule has 0 saturated carbocycles. The fourth-order valence-corrected chi connectivity index (χ4v) is 21.3. The monoisotopic (exact) mass is 1710 g/mol. The molecule has 1 aliphatic rings. The molecule has 0 unspecified atom stereocenters. The molecule has 14 rings (SSSR count). The van der Waals surface area contributed by atoms with Gasteiger partial charge in [-0.3, -0.25) is 0 Å². The lowest BCUT2D eigenvalue weighted by Crippen LogP contribution is -2.29. The number of hydrogen-bond donors (Lipinski definition) is 0. The van der Waals surface area contributed by atoms with Crippen LogP contribution >= 0.6 is 0 Å². The average molecular weight is 1710 g/mol. The van der Waals surface area contributed by atoms with Crippen LogP contribution in [-0.4, -0.2) is 15.0 Å². The van der Waals surface area contributed by atoms with Crippen molar-refractivity contribution in [1.82, 2.24) is 15.0 Å². The fourth-order valence-electron chi connectivity index (χ4n) is 21.3. The highest BCUT2D eigenvalue weighted by molar-refractivity contribution is 5.91. The van der Waals surface area contributed by atoms with E-state index in [1.807, 2.05) is 0 Å². The van der Waals surface area contributed by atoms with Crippen LogP contribution in [0.3, 0.4) is 0 Å². The van der Waals surface area contributed by atoms with Crippen LogP contribution in [0, 0.1) is 96.9 Å². The first-order chi connectivity index (χ1) is 62.5. The third-order valence-electron chi connectivity index (χ3n) is 27.8. The van der Waals surface area contributed by atoms with Crippen molar-refractivity contribution in [3.63, 3.8) is 0 Å². The van der Waals surface area contributed by atoms with Crippen molar-refractivity contribution in [2.45, 2.75) is 336 Å². The van der Waals surface area contributed by atoms with Crippen LogP contribution in [-0.2, 0) is 37.5 Å². The first-order valence-corrected chi connectivity index (χ1v) is 50.5. The molecule has 0 fully saturated rings. The van der Waals surface area contributed by atoms with E-state index < -0.39 is 5.41 Å². The second kappa shape index (κ2) is 48.0. The summed E-state index contributed by atoms with van der Waals surface area (Å²) in [4.78, 5) is 15.2. The molecule has 0 spiro atoms. The maximum atomic E-state index is 5.08. The minimum absolute atomic E-state index is 0.475. The van der Waals surface area contributed by atoms with Gasteiger partial charge in [-0.1, -0.05) is 398 Å². The Kier molecular flexibility index (Phi) is 36.3. The highest BCUT2D eigenvalue weighted by Crippen LogP contribution is 2.58. The van der Waals surface area contributed by atoms with Crippen molar-refractivity contribution in [3.8, 4) is 89.8 Å². The summed E-state index contributed by atoms with van der Waals surface area (Å²) < 4.78 is 0. The second-order valence-corrected chi connectivity index (χ2v) is 38.8. The zero-order chi connectivity index (χ0) is 91.5. The second-order valence-electron chi connectivity index (χ2n) is 38.8. The predicted octanol–water partition coefficient (Wildman–Crippen LogP) is 36.5. The summed E-state index contributed by atoms with van der Waals surface area (Å²) in [5, 5.41) is 0. The lowest BCUT2D eigenvalue weighted by Gasteiger charge is -2.35. The zero-order valence-corrected chi connectivity index (χ0v) is 83.0. The van der Waals surface area contributed by atoms with Gasteiger partial charge in [-0.2, -0.15) is 0 Å². The third kappa shape index (κ3) is 25.2. The van der Waals surface area contributed by atoms with Crippen LogP contribution in [0.15, 0.2) is 218 Å². The van der Waals surface area contributed by atoms with Crippen molar-refractivity contribution >= 4 is 0 Å². The van der Waals surface area contributed by atoms with E-state index in [0.717, 1.165) is 36.0 Å². The number of benzene rings is 12. The number of aryl methyl sites for hydroxylation is 19. The fraction of sp³-hybridized carbons (Fsp3) is 0.405. The van der Waals surface area contributed by atoms with Crippen LogP contribution < -0.4 is 0 Å². The van der Waals surface area contributed by atoms with E-state index in [1.165, 1.54) is 352 Å². The number of nitrogens with zero attached hydrogens (tertiary/aromatic N) is 3. The molecule has 1 heterocycles. The topological polar surface area (TPSA) is 38.7 Å². The van der Waals surface area contributed by atoms with E-state index in [4.69, 9.17) is 15.0 Å². The molecule has 12 aromatic carbocycles. The molecule has 0 N–H and O–H groups in total. The molecule has 1 aliphatic carbocycles. The van der Waals surface area contributed by atoms with Crippen molar-refractivity contribution in [2.75, 3.05) is 0 Å². The summed E-state index contributed by atoms with van der Waals surface area (Å²) in [5.41, 5.74) is 47.2. The van der Waals surface area contributed by atoms with E-state index >= 15 is 0 Å². The summed E-state index contributed by atoms with van der Waals surface area (Å²) in [7, 11) is 0. The van der Waals surface area contributed by atoms with Gasteiger partial charge in [0.1, 0.15) is 0 Å². The van der Waals surface area contributed by atoms with Crippen molar-refractivity contribution < 1.29 is 0 Å². The molecule has 13 aromatic rings. The molecule has 0 saturated heterocycles. The largest absolute Gasteiger partial charge is 0.208 e. The summed E-state index contributed by atoms with van der Waals surface area (Å²) in [6, 6.07) is 83.9. The number of fused-ring (bicyclic) bond motifs is 3. The Bertz CT molecular complexity index is 5370. The molecule has 129 heavy (non-hydrogen) atoms. The molecule has 0 bridgehead atoms. The summed E-state index contributed by atoms with van der Waals surface area (Å²) >= 11 is 0. The van der Waals surface area contributed by atoms with E-state index in [2.05, 4.69) is 350 Å². The highest BCUT2D eigenvalue weighted by Gasteiger charge is 2.47. The smallest absolute Gasteiger partial charge is 0.164 e. The normalized spacial score (nSPS) is 11.9. The van der Waals surface area contributed by atoms with Gasteiger partial charge in [-0.05, 0) is 335 Å². The molecule has 0 radical (unpaired) electrons. The molecule has 0 atom stereocenters. The third-order valence-corrected chi connectivity index (χ3v) is 27.8. The molecular weight excluding hydrogens is 1560 g/mol. The summed E-state index contributed by atoms with van der Waals surface area (Å²) in [5.74, 6) is 2.06. The molecule has 3 heteroatoms. The van der Waals surface area contributed by atoms with E-state index in [9.17, 15) is 0 Å². The zero-order valence-electron chi connectivity index (χ0n) is 83.0. The number of unbranched alkanes of at least 4 members (excludes halogenated alkanes) is 21. The molecular formula is C126H155N3. The molecule has 674 valence electrons. The summed E-state index contributed by atoms with van der Waals surface area (Å²) in [6.07, 6.45) is 40.7. The van der Waals surface area contributed by atoms with Crippen LogP contribution in [0.4, 0.5) is 0 Å². The first-order valence-electron chi connectivity index (χ1n) is 50.5. The van der Waals surface area contributed by atoms with Crippen LogP contribution in [0.1, 0.15) is 330 Å². The van der Waals surface area contributed by atoms with Crippen LogP contribution in [0.25, 0.3) is 89.8 Å². The maximum absolute atomic E-state index is 5.08. The predicted molar refractivity (Wildman–Crippen MR) is 561 cm³/mol.